The van der Waals surface area contributed by atoms with E-state index in [4.69, 9.17) is 0 Å². The summed E-state index contributed by atoms with van der Waals surface area (Å²) in [5.74, 6) is 0.358. The molecule has 25 heavy (non-hydrogen) atoms. The Hall–Kier alpha value is -0.840. The zero-order valence-corrected chi connectivity index (χ0v) is 17.3. The number of aromatic hydroxyl groups is 1. The standard InChI is InChI=1S/C20H33FN2O.ClH/c1-19(2,3)15-11-14(12-16(18(15)24)20(4,5)6)17(13-21)23-9-7-22-8-10-23;/h11-12,17,22,24H,7-10,13H2,1-6H3;1H/t17-;/m1./s1. The number of nitrogens with one attached hydrogen (secondary N) is 1. The Kier molecular flexibility index (Phi) is 7.31. The van der Waals surface area contributed by atoms with Crippen molar-refractivity contribution in [1.29, 1.82) is 0 Å². The quantitative estimate of drug-likeness (QED) is 0.829. The lowest BCUT2D eigenvalue weighted by Gasteiger charge is -2.35. The van der Waals surface area contributed by atoms with Crippen molar-refractivity contribution in [3.8, 4) is 5.75 Å². The van der Waals surface area contributed by atoms with E-state index >= 15 is 0 Å². The molecule has 0 aliphatic carbocycles. The lowest BCUT2D eigenvalue weighted by Crippen LogP contribution is -2.45. The SMILES string of the molecule is CC(C)(C)c1cc([C@@H](CF)N2CCNCC2)cc(C(C)(C)C)c1O.Cl. The molecule has 1 aliphatic heterocycles. The van der Waals surface area contributed by atoms with Gasteiger partial charge in [0.05, 0.1) is 6.04 Å². The van der Waals surface area contributed by atoms with Crippen LogP contribution in [0.4, 0.5) is 4.39 Å². The first-order chi connectivity index (χ1) is 11.1. The predicted molar refractivity (Wildman–Crippen MR) is 106 cm³/mol. The van der Waals surface area contributed by atoms with Gasteiger partial charge in [-0.3, -0.25) is 4.90 Å². The van der Waals surface area contributed by atoms with Crippen molar-refractivity contribution in [3.05, 3.63) is 28.8 Å². The average Bonchev–Trinajstić information content (AvgIpc) is 2.48. The van der Waals surface area contributed by atoms with Gasteiger partial charge in [-0.05, 0) is 39.7 Å². The van der Waals surface area contributed by atoms with E-state index in [1.807, 2.05) is 12.1 Å². The third kappa shape index (κ3) is 5.08. The number of halogens is 2. The number of piperazine rings is 1. The molecule has 2 rings (SSSR count). The minimum absolute atomic E-state index is 0. The molecule has 0 aromatic heterocycles. The van der Waals surface area contributed by atoms with Crippen LogP contribution in [-0.4, -0.2) is 42.9 Å². The van der Waals surface area contributed by atoms with Crippen molar-refractivity contribution in [3.63, 3.8) is 0 Å². The highest BCUT2D eigenvalue weighted by Crippen LogP contribution is 2.41. The van der Waals surface area contributed by atoms with Gasteiger partial charge in [-0.25, -0.2) is 4.39 Å². The topological polar surface area (TPSA) is 35.5 Å². The molecule has 0 saturated carbocycles. The Morgan fingerprint density at radius 3 is 1.84 bits per heavy atom. The third-order valence-corrected chi connectivity index (χ3v) is 4.87. The largest absolute Gasteiger partial charge is 0.507 e. The highest BCUT2D eigenvalue weighted by Gasteiger charge is 2.30. The Morgan fingerprint density at radius 2 is 1.48 bits per heavy atom. The lowest BCUT2D eigenvalue weighted by atomic mass is 9.77. The van der Waals surface area contributed by atoms with Gasteiger partial charge in [-0.15, -0.1) is 12.4 Å². The molecule has 1 saturated heterocycles. The highest BCUT2D eigenvalue weighted by atomic mass is 35.5. The summed E-state index contributed by atoms with van der Waals surface area (Å²) < 4.78 is 14.0. The maximum Gasteiger partial charge on any atom is 0.123 e. The number of phenols is 1. The van der Waals surface area contributed by atoms with Gasteiger partial charge >= 0.3 is 0 Å². The molecule has 1 atom stereocenters. The van der Waals surface area contributed by atoms with Crippen molar-refractivity contribution in [2.75, 3.05) is 32.9 Å². The smallest absolute Gasteiger partial charge is 0.123 e. The van der Waals surface area contributed by atoms with Crippen LogP contribution in [0.2, 0.25) is 0 Å². The summed E-state index contributed by atoms with van der Waals surface area (Å²) in [5, 5.41) is 14.2. The van der Waals surface area contributed by atoms with E-state index in [2.05, 4.69) is 51.8 Å². The van der Waals surface area contributed by atoms with Crippen LogP contribution in [0.15, 0.2) is 12.1 Å². The van der Waals surface area contributed by atoms with Gasteiger partial charge in [0.15, 0.2) is 0 Å². The zero-order chi connectivity index (χ0) is 18.1. The fraction of sp³-hybridized carbons (Fsp3) is 0.700. The first kappa shape index (κ1) is 22.2. The van der Waals surface area contributed by atoms with Crippen LogP contribution in [0.1, 0.15) is 64.3 Å². The molecule has 144 valence electrons. The number of benzene rings is 1. The van der Waals surface area contributed by atoms with E-state index in [0.717, 1.165) is 42.9 Å². The first-order valence-corrected chi connectivity index (χ1v) is 8.94. The zero-order valence-electron chi connectivity index (χ0n) is 16.4. The van der Waals surface area contributed by atoms with E-state index in [1.165, 1.54) is 0 Å². The third-order valence-electron chi connectivity index (χ3n) is 4.87. The van der Waals surface area contributed by atoms with E-state index in [9.17, 15) is 9.50 Å². The molecule has 1 aliphatic rings. The summed E-state index contributed by atoms with van der Waals surface area (Å²) in [4.78, 5) is 2.21. The van der Waals surface area contributed by atoms with Crippen LogP contribution < -0.4 is 5.32 Å². The van der Waals surface area contributed by atoms with Gasteiger partial charge in [-0.2, -0.15) is 0 Å². The van der Waals surface area contributed by atoms with Gasteiger partial charge in [-0.1, -0.05) is 41.5 Å². The van der Waals surface area contributed by atoms with Crippen LogP contribution in [0.5, 0.6) is 5.75 Å². The van der Waals surface area contributed by atoms with Gasteiger partial charge in [0, 0.05) is 26.2 Å². The van der Waals surface area contributed by atoms with Crippen LogP contribution in [0.25, 0.3) is 0 Å². The molecule has 5 heteroatoms. The number of hydrogen-bond donors (Lipinski definition) is 2. The number of hydrogen-bond acceptors (Lipinski definition) is 3. The Morgan fingerprint density at radius 1 is 1.04 bits per heavy atom. The van der Waals surface area contributed by atoms with E-state index in [1.54, 1.807) is 0 Å². The minimum Gasteiger partial charge on any atom is -0.507 e. The van der Waals surface area contributed by atoms with Crippen LogP contribution in [0, 0.1) is 0 Å². The summed E-state index contributed by atoms with van der Waals surface area (Å²) in [5.41, 5.74) is 2.40. The molecule has 0 unspecified atom stereocenters. The molecule has 1 fully saturated rings. The monoisotopic (exact) mass is 372 g/mol. The molecule has 0 radical (unpaired) electrons. The molecule has 0 spiro atoms. The molecule has 3 nitrogen and oxygen atoms in total. The van der Waals surface area contributed by atoms with Gasteiger partial charge in [0.2, 0.25) is 0 Å². The van der Waals surface area contributed by atoms with Crippen LogP contribution in [-0.2, 0) is 10.8 Å². The van der Waals surface area contributed by atoms with Crippen LogP contribution in [0.3, 0.4) is 0 Å². The summed E-state index contributed by atoms with van der Waals surface area (Å²) in [6.07, 6.45) is 0. The van der Waals surface area contributed by atoms with Crippen molar-refractivity contribution in [2.45, 2.75) is 58.4 Å². The molecule has 0 amide bonds. The second-order valence-electron chi connectivity index (χ2n) is 8.92. The van der Waals surface area contributed by atoms with Gasteiger partial charge < -0.3 is 10.4 Å². The second kappa shape index (κ2) is 8.24. The van der Waals surface area contributed by atoms with Crippen molar-refractivity contribution < 1.29 is 9.50 Å². The number of nitrogens with zero attached hydrogens (tertiary/aromatic N) is 1. The Labute approximate surface area is 158 Å². The number of phenolic OH excluding ortho intramolecular Hbond substituents is 1. The average molecular weight is 373 g/mol. The van der Waals surface area contributed by atoms with E-state index in [-0.39, 0.29) is 29.3 Å². The molecule has 1 heterocycles. The summed E-state index contributed by atoms with van der Waals surface area (Å²) >= 11 is 0. The lowest BCUT2D eigenvalue weighted by molar-refractivity contribution is 0.147. The number of alkyl halides is 1. The molecular weight excluding hydrogens is 339 g/mol. The second-order valence-corrected chi connectivity index (χ2v) is 8.92. The summed E-state index contributed by atoms with van der Waals surface area (Å²) in [6.45, 7) is 15.6. The van der Waals surface area contributed by atoms with Gasteiger partial charge in [0.1, 0.15) is 12.4 Å². The first-order valence-electron chi connectivity index (χ1n) is 8.94. The van der Waals surface area contributed by atoms with Crippen molar-refractivity contribution >= 4 is 12.4 Å². The highest BCUT2D eigenvalue weighted by molar-refractivity contribution is 5.85. The molecule has 1 aromatic rings. The fourth-order valence-electron chi connectivity index (χ4n) is 3.38. The summed E-state index contributed by atoms with van der Waals surface area (Å²) in [6, 6.07) is 3.78. The normalized spacial score (nSPS) is 17.9. The van der Waals surface area contributed by atoms with E-state index in [0.29, 0.717) is 5.75 Å². The van der Waals surface area contributed by atoms with Crippen molar-refractivity contribution in [1.82, 2.24) is 10.2 Å². The minimum atomic E-state index is -0.405. The van der Waals surface area contributed by atoms with Crippen LogP contribution >= 0.6 is 12.4 Å². The molecule has 0 bridgehead atoms. The maximum absolute atomic E-state index is 14.0. The fourth-order valence-corrected chi connectivity index (χ4v) is 3.38. The van der Waals surface area contributed by atoms with Crippen molar-refractivity contribution in [2.24, 2.45) is 0 Å². The Balaban J connectivity index is 0.00000312. The Bertz CT molecular complexity index is 537. The maximum atomic E-state index is 14.0. The molecule has 1 aromatic carbocycles. The van der Waals surface area contributed by atoms with E-state index < -0.39 is 6.67 Å². The predicted octanol–water partition coefficient (Wildman–Crippen LogP) is 4.32. The molecular formula is C20H34ClFN2O. The summed E-state index contributed by atoms with van der Waals surface area (Å²) in [7, 11) is 0. The number of rotatable bonds is 3. The van der Waals surface area contributed by atoms with Gasteiger partial charge in [0.25, 0.3) is 0 Å². The molecule has 2 N–H and O–H groups in total.